The molecule has 0 heterocycles. The molecule has 2 rings (SSSR count). The molecule has 0 spiro atoms. The van der Waals surface area contributed by atoms with E-state index in [1.807, 2.05) is 19.1 Å². The summed E-state index contributed by atoms with van der Waals surface area (Å²) < 4.78 is 5.79. The van der Waals surface area contributed by atoms with Crippen molar-refractivity contribution in [1.29, 1.82) is 0 Å². The molecule has 0 radical (unpaired) electrons. The number of benzene rings is 2. The van der Waals surface area contributed by atoms with Crippen LogP contribution in [0.4, 0.5) is 5.69 Å². The van der Waals surface area contributed by atoms with E-state index in [1.54, 1.807) is 12.1 Å². The van der Waals surface area contributed by atoms with Gasteiger partial charge in [-0.3, -0.25) is 4.79 Å². The van der Waals surface area contributed by atoms with Crippen LogP contribution in [-0.2, 0) is 17.8 Å². The van der Waals surface area contributed by atoms with E-state index in [-0.39, 0.29) is 6.42 Å². The quantitative estimate of drug-likeness (QED) is 0.680. The lowest BCUT2D eigenvalue weighted by molar-refractivity contribution is -0.136. The molecule has 2 aromatic carbocycles. The number of rotatable bonds is 7. The maximum absolute atomic E-state index is 10.8. The predicted molar refractivity (Wildman–Crippen MR) is 102 cm³/mol. The fourth-order valence-corrected chi connectivity index (χ4v) is 3.19. The molecule has 0 saturated heterocycles. The normalized spacial score (nSPS) is 10.8. The van der Waals surface area contributed by atoms with E-state index in [4.69, 9.17) is 33.0 Å². The van der Waals surface area contributed by atoms with Crippen LogP contribution >= 0.6 is 23.2 Å². The van der Waals surface area contributed by atoms with Gasteiger partial charge in [0.15, 0.2) is 5.75 Å². The van der Waals surface area contributed by atoms with Crippen molar-refractivity contribution in [3.8, 4) is 5.75 Å². The maximum Gasteiger partial charge on any atom is 0.307 e. The molecule has 0 bridgehead atoms. The average Bonchev–Trinajstić information content (AvgIpc) is 2.44. The second kappa shape index (κ2) is 8.45. The van der Waals surface area contributed by atoms with Gasteiger partial charge in [0.1, 0.15) is 6.61 Å². The molecule has 25 heavy (non-hydrogen) atoms. The van der Waals surface area contributed by atoms with Crippen LogP contribution in [0.3, 0.4) is 0 Å². The first-order valence-corrected chi connectivity index (χ1v) is 8.70. The van der Waals surface area contributed by atoms with E-state index in [9.17, 15) is 4.79 Å². The van der Waals surface area contributed by atoms with Crippen LogP contribution in [0, 0.1) is 6.92 Å². The zero-order valence-corrected chi connectivity index (χ0v) is 15.9. The van der Waals surface area contributed by atoms with Crippen molar-refractivity contribution in [2.24, 2.45) is 0 Å². The lowest BCUT2D eigenvalue weighted by Gasteiger charge is -2.15. The van der Waals surface area contributed by atoms with Gasteiger partial charge in [0, 0.05) is 11.7 Å². The van der Waals surface area contributed by atoms with Gasteiger partial charge in [-0.2, -0.15) is 0 Å². The lowest BCUT2D eigenvalue weighted by Crippen LogP contribution is -2.10. The number of carboxylic acids is 1. The van der Waals surface area contributed by atoms with E-state index in [0.717, 1.165) is 16.8 Å². The second-order valence-corrected chi connectivity index (χ2v) is 7.07. The zero-order valence-electron chi connectivity index (χ0n) is 14.4. The topological polar surface area (TPSA) is 58.6 Å². The van der Waals surface area contributed by atoms with Crippen molar-refractivity contribution in [3.05, 3.63) is 57.1 Å². The summed E-state index contributed by atoms with van der Waals surface area (Å²) in [7, 11) is 0. The van der Waals surface area contributed by atoms with Gasteiger partial charge in [0.25, 0.3) is 0 Å². The van der Waals surface area contributed by atoms with E-state index < -0.39 is 5.97 Å². The number of nitrogens with one attached hydrogen (secondary N) is 1. The number of carbonyl (C=O) groups is 1. The molecule has 0 atom stereocenters. The Labute approximate surface area is 157 Å². The molecular weight excluding hydrogens is 361 g/mol. The van der Waals surface area contributed by atoms with Gasteiger partial charge in [-0.05, 0) is 61.7 Å². The lowest BCUT2D eigenvalue weighted by atomic mass is 10.1. The van der Waals surface area contributed by atoms with Crippen molar-refractivity contribution < 1.29 is 14.6 Å². The van der Waals surface area contributed by atoms with Gasteiger partial charge in [-0.25, -0.2) is 0 Å². The molecule has 4 nitrogen and oxygen atoms in total. The monoisotopic (exact) mass is 381 g/mol. The fourth-order valence-electron chi connectivity index (χ4n) is 2.54. The highest BCUT2D eigenvalue weighted by molar-refractivity contribution is 6.37. The number of aliphatic carboxylic acids is 1. The summed E-state index contributed by atoms with van der Waals surface area (Å²) in [4.78, 5) is 10.8. The van der Waals surface area contributed by atoms with Crippen molar-refractivity contribution in [1.82, 2.24) is 0 Å². The van der Waals surface area contributed by atoms with Crippen LogP contribution in [0.2, 0.25) is 10.0 Å². The molecule has 0 aliphatic heterocycles. The molecule has 0 aliphatic rings. The molecular formula is C19H21Cl2NO3. The van der Waals surface area contributed by atoms with Crippen LogP contribution in [0.5, 0.6) is 5.75 Å². The van der Waals surface area contributed by atoms with E-state index >= 15 is 0 Å². The first-order chi connectivity index (χ1) is 11.7. The van der Waals surface area contributed by atoms with E-state index in [1.165, 1.54) is 0 Å². The third-order valence-electron chi connectivity index (χ3n) is 3.39. The van der Waals surface area contributed by atoms with E-state index in [2.05, 4.69) is 25.2 Å². The van der Waals surface area contributed by atoms with Gasteiger partial charge in [0.2, 0.25) is 0 Å². The van der Waals surface area contributed by atoms with Crippen LogP contribution < -0.4 is 10.1 Å². The number of halogens is 2. The number of hydrogen-bond donors (Lipinski definition) is 2. The number of hydrogen-bond acceptors (Lipinski definition) is 3. The van der Waals surface area contributed by atoms with Crippen LogP contribution in [0.15, 0.2) is 30.3 Å². The fraction of sp³-hybridized carbons (Fsp3) is 0.316. The Bertz CT molecular complexity index is 752. The number of carboxylic acid groups (broad SMARTS) is 1. The minimum absolute atomic E-state index is 0.137. The summed E-state index contributed by atoms with van der Waals surface area (Å²) in [6.07, 6.45) is -0.137. The van der Waals surface area contributed by atoms with Crippen LogP contribution in [0.25, 0.3) is 0 Å². The minimum atomic E-state index is -0.939. The average molecular weight is 382 g/mol. The number of aryl methyl sites for hydroxylation is 1. The predicted octanol–water partition coefficient (Wildman–Crippen LogP) is 5.33. The molecule has 2 N–H and O–H groups in total. The summed E-state index contributed by atoms with van der Waals surface area (Å²) in [6, 6.07) is 9.60. The molecule has 0 unspecified atom stereocenters. The summed E-state index contributed by atoms with van der Waals surface area (Å²) in [5.41, 5.74) is 3.68. The Hall–Kier alpha value is -1.91. The first kappa shape index (κ1) is 19.4. The van der Waals surface area contributed by atoms with Crippen LogP contribution in [0.1, 0.15) is 30.5 Å². The highest BCUT2D eigenvalue weighted by atomic mass is 35.5. The first-order valence-electron chi connectivity index (χ1n) is 7.94. The minimum Gasteiger partial charge on any atom is -0.486 e. The molecule has 0 aliphatic carbocycles. The highest BCUT2D eigenvalue weighted by Gasteiger charge is 2.12. The Balaban J connectivity index is 2.16. The Morgan fingerprint density at radius 3 is 2.32 bits per heavy atom. The Morgan fingerprint density at radius 2 is 1.76 bits per heavy atom. The van der Waals surface area contributed by atoms with Crippen LogP contribution in [-0.4, -0.2) is 17.1 Å². The van der Waals surface area contributed by atoms with Gasteiger partial charge in [-0.15, -0.1) is 0 Å². The van der Waals surface area contributed by atoms with Gasteiger partial charge in [0.05, 0.1) is 16.5 Å². The van der Waals surface area contributed by atoms with Gasteiger partial charge >= 0.3 is 5.97 Å². The molecule has 0 saturated carbocycles. The molecule has 0 amide bonds. The molecule has 0 aromatic heterocycles. The summed E-state index contributed by atoms with van der Waals surface area (Å²) in [5, 5.41) is 12.8. The summed E-state index contributed by atoms with van der Waals surface area (Å²) in [5.74, 6) is -0.580. The Morgan fingerprint density at radius 1 is 1.12 bits per heavy atom. The maximum atomic E-state index is 10.8. The third-order valence-corrected chi connectivity index (χ3v) is 3.95. The second-order valence-electron chi connectivity index (χ2n) is 6.25. The van der Waals surface area contributed by atoms with E-state index in [0.29, 0.717) is 34.0 Å². The number of ether oxygens (including phenoxy) is 1. The van der Waals surface area contributed by atoms with Gasteiger partial charge < -0.3 is 15.2 Å². The SMILES string of the molecule is Cc1cc(COc2c(Cl)cc(CC(=O)O)cc2Cl)cc(NC(C)C)c1. The van der Waals surface area contributed by atoms with Crippen molar-refractivity contribution in [2.75, 3.05) is 5.32 Å². The van der Waals surface area contributed by atoms with Crippen molar-refractivity contribution in [2.45, 2.75) is 39.8 Å². The molecule has 134 valence electrons. The zero-order chi connectivity index (χ0) is 18.6. The summed E-state index contributed by atoms with van der Waals surface area (Å²) in [6.45, 7) is 6.50. The molecule has 0 fully saturated rings. The molecule has 6 heteroatoms. The van der Waals surface area contributed by atoms with Crippen molar-refractivity contribution in [3.63, 3.8) is 0 Å². The number of anilines is 1. The highest BCUT2D eigenvalue weighted by Crippen LogP contribution is 2.35. The van der Waals surface area contributed by atoms with Gasteiger partial charge in [-0.1, -0.05) is 29.3 Å². The Kier molecular flexibility index (Phi) is 6.57. The smallest absolute Gasteiger partial charge is 0.307 e. The standard InChI is InChI=1S/C19H21Cl2NO3/c1-11(2)22-15-5-12(3)4-14(6-15)10-25-19-16(20)7-13(8-17(19)21)9-18(23)24/h4-8,11,22H,9-10H2,1-3H3,(H,23,24). The largest absolute Gasteiger partial charge is 0.486 e. The van der Waals surface area contributed by atoms with Crippen molar-refractivity contribution >= 4 is 34.9 Å². The third kappa shape index (κ3) is 5.83. The molecule has 2 aromatic rings. The summed E-state index contributed by atoms with van der Waals surface area (Å²) >= 11 is 12.4.